The van der Waals surface area contributed by atoms with Crippen LogP contribution >= 0.6 is 0 Å². The maximum absolute atomic E-state index is 12.5. The number of ether oxygens (including phenoxy) is 1. The van der Waals surface area contributed by atoms with E-state index in [9.17, 15) is 4.79 Å². The fourth-order valence-corrected chi connectivity index (χ4v) is 3.89. The molecule has 0 aromatic heterocycles. The summed E-state index contributed by atoms with van der Waals surface area (Å²) in [7, 11) is -1.87. The summed E-state index contributed by atoms with van der Waals surface area (Å²) >= 11 is 0. The lowest BCUT2D eigenvalue weighted by atomic mass is 10.1. The Kier molecular flexibility index (Phi) is 5.98. The summed E-state index contributed by atoms with van der Waals surface area (Å²) in [6.45, 7) is 19.3. The molecule has 1 amide bonds. The lowest BCUT2D eigenvalue weighted by molar-refractivity contribution is 0.0196. The number of nitrogens with two attached hydrogens (primary N) is 1. The van der Waals surface area contributed by atoms with Crippen molar-refractivity contribution in [1.82, 2.24) is 4.90 Å². The monoisotopic (exact) mass is 344 g/mol. The van der Waals surface area contributed by atoms with E-state index in [1.165, 1.54) is 0 Å². The number of nitrogens with zero attached hydrogens (tertiary/aromatic N) is 1. The van der Waals surface area contributed by atoms with Gasteiger partial charge in [0.1, 0.15) is 5.60 Å². The quantitative estimate of drug-likeness (QED) is 0.792. The molecule has 5 nitrogen and oxygen atoms in total. The van der Waals surface area contributed by atoms with Crippen LogP contribution in [-0.4, -0.2) is 49.6 Å². The van der Waals surface area contributed by atoms with E-state index in [0.29, 0.717) is 6.54 Å². The molecule has 1 aliphatic rings. The summed E-state index contributed by atoms with van der Waals surface area (Å²) in [5.41, 5.74) is 5.61. The minimum Gasteiger partial charge on any atom is -0.444 e. The number of amides is 1. The molecule has 1 heterocycles. The van der Waals surface area contributed by atoms with E-state index in [4.69, 9.17) is 14.9 Å². The molecule has 136 valence electrons. The van der Waals surface area contributed by atoms with Crippen molar-refractivity contribution >= 4 is 14.4 Å². The first-order valence-corrected chi connectivity index (χ1v) is 11.5. The Balaban J connectivity index is 2.84. The molecule has 0 aromatic rings. The van der Waals surface area contributed by atoms with Crippen LogP contribution in [0.15, 0.2) is 0 Å². The molecule has 1 unspecified atom stereocenters. The van der Waals surface area contributed by atoms with Crippen molar-refractivity contribution in [2.75, 3.05) is 6.54 Å². The summed E-state index contributed by atoms with van der Waals surface area (Å²) in [6.07, 6.45) is 0.532. The molecule has 0 radical (unpaired) electrons. The predicted molar refractivity (Wildman–Crippen MR) is 97.1 cm³/mol. The Morgan fingerprint density at radius 1 is 1.22 bits per heavy atom. The molecular weight excluding hydrogens is 308 g/mol. The molecule has 1 saturated heterocycles. The second-order valence-corrected chi connectivity index (χ2v) is 14.1. The third kappa shape index (κ3) is 5.47. The molecular formula is C17H36N2O3Si. The molecule has 0 saturated carbocycles. The number of carbonyl (C=O) groups excluding carboxylic acids is 1. The van der Waals surface area contributed by atoms with Crippen molar-refractivity contribution in [3.05, 3.63) is 0 Å². The zero-order valence-electron chi connectivity index (χ0n) is 16.4. The van der Waals surface area contributed by atoms with Crippen LogP contribution in [0.25, 0.3) is 0 Å². The minimum atomic E-state index is -1.87. The number of hydrogen-bond acceptors (Lipinski definition) is 4. The van der Waals surface area contributed by atoms with Crippen LogP contribution in [0.3, 0.4) is 0 Å². The molecule has 0 spiro atoms. The van der Waals surface area contributed by atoms with Crippen molar-refractivity contribution < 1.29 is 14.0 Å². The topological polar surface area (TPSA) is 64.8 Å². The molecule has 23 heavy (non-hydrogen) atoms. The van der Waals surface area contributed by atoms with Crippen molar-refractivity contribution in [1.29, 1.82) is 0 Å². The summed E-state index contributed by atoms with van der Waals surface area (Å²) in [6, 6.07) is -0.129. The van der Waals surface area contributed by atoms with Crippen molar-refractivity contribution in [2.24, 2.45) is 5.73 Å². The van der Waals surface area contributed by atoms with Crippen molar-refractivity contribution in [3.63, 3.8) is 0 Å². The molecule has 0 bridgehead atoms. The van der Waals surface area contributed by atoms with E-state index in [1.807, 2.05) is 27.7 Å². The number of carbonyl (C=O) groups is 1. The number of rotatable bonds is 3. The molecule has 0 aromatic carbocycles. The van der Waals surface area contributed by atoms with Gasteiger partial charge in [0, 0.05) is 12.6 Å². The van der Waals surface area contributed by atoms with E-state index in [-0.39, 0.29) is 29.3 Å². The van der Waals surface area contributed by atoms with E-state index in [1.54, 1.807) is 4.90 Å². The molecule has 1 fully saturated rings. The Morgan fingerprint density at radius 3 is 2.13 bits per heavy atom. The normalized spacial score (nSPS) is 24.7. The molecule has 3 atom stereocenters. The van der Waals surface area contributed by atoms with Gasteiger partial charge in [0.2, 0.25) is 0 Å². The van der Waals surface area contributed by atoms with E-state index in [0.717, 1.165) is 6.42 Å². The van der Waals surface area contributed by atoms with Gasteiger partial charge in [0.15, 0.2) is 8.32 Å². The zero-order valence-corrected chi connectivity index (χ0v) is 17.4. The predicted octanol–water partition coefficient (Wildman–Crippen LogP) is 3.73. The maximum atomic E-state index is 12.5. The third-order valence-electron chi connectivity index (χ3n) is 4.81. The van der Waals surface area contributed by atoms with Gasteiger partial charge in [-0.05, 0) is 52.2 Å². The molecule has 0 aliphatic carbocycles. The van der Waals surface area contributed by atoms with Crippen LogP contribution in [0, 0.1) is 0 Å². The molecule has 6 heteroatoms. The third-order valence-corrected chi connectivity index (χ3v) is 9.34. The van der Waals surface area contributed by atoms with Gasteiger partial charge in [0.05, 0.1) is 12.1 Å². The summed E-state index contributed by atoms with van der Waals surface area (Å²) in [4.78, 5) is 14.2. The standard InChI is InChI=1S/C17H36N2O3Si/c1-12(18)14-10-13(22-23(8,9)17(5,6)7)11-19(14)15(20)21-16(2,3)4/h12-14H,10-11,18H2,1-9H3/t12-,13?,14-/m0/s1. The van der Waals surface area contributed by atoms with Gasteiger partial charge in [0.25, 0.3) is 0 Å². The molecule has 1 rings (SSSR count). The van der Waals surface area contributed by atoms with Gasteiger partial charge in [-0.1, -0.05) is 20.8 Å². The average Bonchev–Trinajstić information content (AvgIpc) is 2.68. The Bertz CT molecular complexity index is 425. The maximum Gasteiger partial charge on any atom is 0.410 e. The van der Waals surface area contributed by atoms with Gasteiger partial charge in [-0.25, -0.2) is 4.79 Å². The fourth-order valence-electron chi connectivity index (χ4n) is 2.53. The van der Waals surface area contributed by atoms with Crippen LogP contribution in [0.4, 0.5) is 4.79 Å². The highest BCUT2D eigenvalue weighted by Gasteiger charge is 2.45. The van der Waals surface area contributed by atoms with Gasteiger partial charge in [-0.15, -0.1) is 0 Å². The van der Waals surface area contributed by atoms with Gasteiger partial charge in [-0.2, -0.15) is 0 Å². The Hall–Kier alpha value is -0.593. The van der Waals surface area contributed by atoms with Crippen molar-refractivity contribution in [3.8, 4) is 0 Å². The first kappa shape index (κ1) is 20.5. The zero-order chi connectivity index (χ0) is 18.2. The van der Waals surface area contributed by atoms with Gasteiger partial charge >= 0.3 is 6.09 Å². The Morgan fingerprint density at radius 2 is 1.74 bits per heavy atom. The summed E-state index contributed by atoms with van der Waals surface area (Å²) in [5, 5.41) is 0.149. The second kappa shape index (κ2) is 6.73. The first-order valence-electron chi connectivity index (χ1n) is 8.57. The van der Waals surface area contributed by atoms with Gasteiger partial charge < -0.3 is 19.8 Å². The van der Waals surface area contributed by atoms with Crippen LogP contribution in [0.1, 0.15) is 54.9 Å². The average molecular weight is 345 g/mol. The highest BCUT2D eigenvalue weighted by atomic mass is 28.4. The van der Waals surface area contributed by atoms with Crippen LogP contribution in [-0.2, 0) is 9.16 Å². The number of hydrogen-bond donors (Lipinski definition) is 1. The van der Waals surface area contributed by atoms with E-state index < -0.39 is 13.9 Å². The van der Waals surface area contributed by atoms with Gasteiger partial charge in [-0.3, -0.25) is 0 Å². The van der Waals surface area contributed by atoms with Crippen LogP contribution in [0.5, 0.6) is 0 Å². The van der Waals surface area contributed by atoms with E-state index in [2.05, 4.69) is 33.9 Å². The highest BCUT2D eigenvalue weighted by molar-refractivity contribution is 6.74. The van der Waals surface area contributed by atoms with E-state index >= 15 is 0 Å². The number of likely N-dealkylation sites (tertiary alicyclic amines) is 1. The largest absolute Gasteiger partial charge is 0.444 e. The summed E-state index contributed by atoms with van der Waals surface area (Å²) in [5.74, 6) is 0. The van der Waals surface area contributed by atoms with Crippen molar-refractivity contribution in [2.45, 2.75) is 96.8 Å². The molecule has 1 aliphatic heterocycles. The fraction of sp³-hybridized carbons (Fsp3) is 0.941. The first-order chi connectivity index (χ1) is 10.1. The SMILES string of the molecule is C[C@H](N)[C@@H]1CC(O[Si](C)(C)C(C)(C)C)CN1C(=O)OC(C)(C)C. The Labute approximate surface area is 143 Å². The second-order valence-electron chi connectivity index (χ2n) is 9.30. The molecule has 2 N–H and O–H groups in total. The lowest BCUT2D eigenvalue weighted by Crippen LogP contribution is -2.47. The summed E-state index contributed by atoms with van der Waals surface area (Å²) < 4.78 is 12.0. The minimum absolute atomic E-state index is 0.0281. The van der Waals surface area contributed by atoms with Crippen LogP contribution < -0.4 is 5.73 Å². The smallest absolute Gasteiger partial charge is 0.410 e. The highest BCUT2D eigenvalue weighted by Crippen LogP contribution is 2.39. The van der Waals surface area contributed by atoms with Crippen LogP contribution in [0.2, 0.25) is 18.1 Å². The lowest BCUT2D eigenvalue weighted by Gasteiger charge is -2.38.